The molecular weight excluding hydrogens is 489 g/mol. The average molecular weight is 516 g/mol. The van der Waals surface area contributed by atoms with E-state index in [1.165, 1.54) is 10.4 Å². The molecule has 1 N–H and O–H groups in total. The van der Waals surface area contributed by atoms with Crippen LogP contribution in [0.2, 0.25) is 0 Å². The molecule has 37 heavy (non-hydrogen) atoms. The van der Waals surface area contributed by atoms with Gasteiger partial charge in [-0.2, -0.15) is 9.41 Å². The fourth-order valence-corrected chi connectivity index (χ4v) is 5.17. The highest BCUT2D eigenvalue weighted by Gasteiger charge is 2.25. The summed E-state index contributed by atoms with van der Waals surface area (Å²) >= 11 is 0. The molecule has 0 bridgehead atoms. The van der Waals surface area contributed by atoms with Crippen LogP contribution in [0.3, 0.4) is 0 Å². The Morgan fingerprint density at radius 1 is 0.784 bits per heavy atom. The molecule has 0 aliphatic rings. The maximum atomic E-state index is 13.9. The van der Waals surface area contributed by atoms with Gasteiger partial charge in [0.05, 0.1) is 10.6 Å². The number of carbonyl (C=O) groups excluding carboxylic acids is 1. The fraction of sp³-hybridized carbons (Fsp3) is 0.103. The lowest BCUT2D eigenvalue weighted by atomic mass is 10.1. The molecule has 6 nitrogen and oxygen atoms in total. The number of rotatable bonds is 9. The van der Waals surface area contributed by atoms with Crippen molar-refractivity contribution in [3.63, 3.8) is 0 Å². The highest BCUT2D eigenvalue weighted by atomic mass is 32.2. The smallest absolute Gasteiger partial charge is 0.267 e. The van der Waals surface area contributed by atoms with Gasteiger partial charge in [0, 0.05) is 24.2 Å². The van der Waals surface area contributed by atoms with Gasteiger partial charge in [-0.1, -0.05) is 78.9 Å². The van der Waals surface area contributed by atoms with Crippen molar-refractivity contribution in [1.82, 2.24) is 9.73 Å². The van der Waals surface area contributed by atoms with Crippen LogP contribution in [0.15, 0.2) is 119 Å². The average Bonchev–Trinajstić information content (AvgIpc) is 2.93. The van der Waals surface area contributed by atoms with E-state index in [1.807, 2.05) is 30.3 Å². The van der Waals surface area contributed by atoms with Gasteiger partial charge in [0.15, 0.2) is 0 Å². The Labute approximate surface area is 216 Å². The van der Waals surface area contributed by atoms with Crippen LogP contribution in [-0.2, 0) is 23.1 Å². The van der Waals surface area contributed by atoms with E-state index in [4.69, 9.17) is 0 Å². The Morgan fingerprint density at radius 3 is 1.95 bits per heavy atom. The third-order valence-corrected chi connectivity index (χ3v) is 7.55. The van der Waals surface area contributed by atoms with Crippen LogP contribution >= 0.6 is 0 Å². The molecule has 0 saturated carbocycles. The molecule has 188 valence electrons. The van der Waals surface area contributed by atoms with E-state index in [0.717, 1.165) is 11.1 Å². The van der Waals surface area contributed by atoms with E-state index in [9.17, 15) is 17.6 Å². The number of hydrazone groups is 1. The Bertz CT molecular complexity index is 1490. The molecule has 1 amide bonds. The second-order valence-corrected chi connectivity index (χ2v) is 10.3. The van der Waals surface area contributed by atoms with Gasteiger partial charge in [-0.3, -0.25) is 4.79 Å². The Balaban J connectivity index is 1.50. The third-order valence-electron chi connectivity index (χ3n) is 5.75. The highest BCUT2D eigenvalue weighted by Crippen LogP contribution is 2.21. The number of hydrogen-bond acceptors (Lipinski definition) is 4. The monoisotopic (exact) mass is 515 g/mol. The minimum Gasteiger partial charge on any atom is -0.267 e. The van der Waals surface area contributed by atoms with E-state index in [1.54, 1.807) is 79.7 Å². The maximum absolute atomic E-state index is 13.9. The van der Waals surface area contributed by atoms with Crippen LogP contribution in [0.1, 0.15) is 34.0 Å². The summed E-state index contributed by atoms with van der Waals surface area (Å²) in [7, 11) is -3.77. The quantitative estimate of drug-likeness (QED) is 0.240. The van der Waals surface area contributed by atoms with E-state index < -0.39 is 21.7 Å². The first-order valence-electron chi connectivity index (χ1n) is 11.6. The van der Waals surface area contributed by atoms with Crippen LogP contribution < -0.4 is 5.43 Å². The second kappa shape index (κ2) is 11.7. The number of carbonyl (C=O) groups is 1. The molecule has 0 saturated heterocycles. The summed E-state index contributed by atoms with van der Waals surface area (Å²) in [5.41, 5.74) is 5.00. The number of benzene rings is 4. The lowest BCUT2D eigenvalue weighted by Gasteiger charge is -2.22. The Hall–Kier alpha value is -4.14. The van der Waals surface area contributed by atoms with E-state index in [0.29, 0.717) is 16.8 Å². The maximum Gasteiger partial charge on any atom is 0.271 e. The Kier molecular flexibility index (Phi) is 8.22. The lowest BCUT2D eigenvalue weighted by Crippen LogP contribution is -2.30. The SMILES string of the molecule is C/C(=N/NC(=O)c1ccc(CN(Cc2ccccc2)S(=O)(=O)c2ccccc2)cc1)c1ccccc1F. The van der Waals surface area contributed by atoms with Gasteiger partial charge in [0.1, 0.15) is 5.82 Å². The summed E-state index contributed by atoms with van der Waals surface area (Å²) in [6.07, 6.45) is 0. The topological polar surface area (TPSA) is 78.8 Å². The van der Waals surface area contributed by atoms with E-state index >= 15 is 0 Å². The molecule has 0 unspecified atom stereocenters. The summed E-state index contributed by atoms with van der Waals surface area (Å²) in [6, 6.07) is 30.5. The van der Waals surface area contributed by atoms with Crippen LogP contribution in [0.5, 0.6) is 0 Å². The van der Waals surface area contributed by atoms with Crippen molar-refractivity contribution in [2.24, 2.45) is 5.10 Å². The largest absolute Gasteiger partial charge is 0.271 e. The van der Waals surface area contributed by atoms with Gasteiger partial charge >= 0.3 is 0 Å². The van der Waals surface area contributed by atoms with Crippen LogP contribution in [0.25, 0.3) is 0 Å². The molecule has 0 aliphatic heterocycles. The highest BCUT2D eigenvalue weighted by molar-refractivity contribution is 7.89. The molecule has 4 rings (SSSR count). The number of nitrogens with zero attached hydrogens (tertiary/aromatic N) is 2. The Morgan fingerprint density at radius 2 is 1.32 bits per heavy atom. The van der Waals surface area contributed by atoms with Gasteiger partial charge in [0.25, 0.3) is 5.91 Å². The minimum atomic E-state index is -3.77. The molecule has 4 aromatic carbocycles. The first kappa shape index (κ1) is 25.9. The number of sulfonamides is 1. The molecule has 0 spiro atoms. The van der Waals surface area contributed by atoms with Gasteiger partial charge in [-0.25, -0.2) is 18.2 Å². The van der Waals surface area contributed by atoms with Crippen molar-refractivity contribution in [2.75, 3.05) is 0 Å². The summed E-state index contributed by atoms with van der Waals surface area (Å²) < 4.78 is 42.2. The van der Waals surface area contributed by atoms with Crippen LogP contribution in [0, 0.1) is 5.82 Å². The van der Waals surface area contributed by atoms with E-state index in [-0.39, 0.29) is 18.0 Å². The minimum absolute atomic E-state index is 0.124. The fourth-order valence-electron chi connectivity index (χ4n) is 3.73. The summed E-state index contributed by atoms with van der Waals surface area (Å²) in [5, 5.41) is 4.00. The third kappa shape index (κ3) is 6.55. The molecule has 0 aromatic heterocycles. The lowest BCUT2D eigenvalue weighted by molar-refractivity contribution is 0.0954. The van der Waals surface area contributed by atoms with Crippen molar-refractivity contribution in [3.05, 3.63) is 137 Å². The molecule has 0 fully saturated rings. The van der Waals surface area contributed by atoms with Crippen LogP contribution in [0.4, 0.5) is 4.39 Å². The molecule has 0 heterocycles. The normalized spacial score (nSPS) is 11.9. The first-order chi connectivity index (χ1) is 17.8. The zero-order valence-corrected chi connectivity index (χ0v) is 21.0. The molecule has 8 heteroatoms. The van der Waals surface area contributed by atoms with Crippen molar-refractivity contribution >= 4 is 21.6 Å². The summed E-state index contributed by atoms with van der Waals surface area (Å²) in [6.45, 7) is 1.93. The van der Waals surface area contributed by atoms with Gasteiger partial charge < -0.3 is 0 Å². The van der Waals surface area contributed by atoms with Crippen molar-refractivity contribution in [2.45, 2.75) is 24.9 Å². The first-order valence-corrected chi connectivity index (χ1v) is 13.1. The number of nitrogens with one attached hydrogen (secondary N) is 1. The van der Waals surface area contributed by atoms with Gasteiger partial charge in [-0.15, -0.1) is 0 Å². The number of hydrogen-bond donors (Lipinski definition) is 1. The van der Waals surface area contributed by atoms with Gasteiger partial charge in [0.2, 0.25) is 10.0 Å². The van der Waals surface area contributed by atoms with Crippen molar-refractivity contribution < 1.29 is 17.6 Å². The zero-order chi connectivity index (χ0) is 26.3. The molecule has 0 radical (unpaired) electrons. The predicted octanol–water partition coefficient (Wildman–Crippen LogP) is 5.37. The standard InChI is InChI=1S/C29H26FN3O3S/c1-22(27-14-8-9-15-28(27)30)31-32-29(34)25-18-16-24(17-19-25)21-33(20-23-10-4-2-5-11-23)37(35,36)26-12-6-3-7-13-26/h2-19H,20-21H2,1H3,(H,32,34)/b31-22-. The second-order valence-electron chi connectivity index (χ2n) is 8.39. The van der Waals surface area contributed by atoms with E-state index in [2.05, 4.69) is 10.5 Å². The number of amides is 1. The van der Waals surface area contributed by atoms with Crippen LogP contribution in [-0.4, -0.2) is 24.3 Å². The zero-order valence-electron chi connectivity index (χ0n) is 20.2. The van der Waals surface area contributed by atoms with Crippen molar-refractivity contribution in [1.29, 1.82) is 0 Å². The predicted molar refractivity (Wildman–Crippen MR) is 142 cm³/mol. The van der Waals surface area contributed by atoms with Gasteiger partial charge in [-0.05, 0) is 48.4 Å². The molecule has 0 aliphatic carbocycles. The summed E-state index contributed by atoms with van der Waals surface area (Å²) in [5.74, 6) is -0.881. The summed E-state index contributed by atoms with van der Waals surface area (Å²) in [4.78, 5) is 12.8. The molecule has 4 aromatic rings. The molecule has 0 atom stereocenters. The molecular formula is C29H26FN3O3S. The number of halogens is 1. The van der Waals surface area contributed by atoms with Crippen molar-refractivity contribution in [3.8, 4) is 0 Å².